The van der Waals surface area contributed by atoms with E-state index in [4.69, 9.17) is 15.9 Å². The Balaban J connectivity index is 1.70. The number of benzene rings is 2. The fraction of sp³-hybridized carbons (Fsp3) is 0.296. The Morgan fingerprint density at radius 1 is 1.20 bits per heavy atom. The number of rotatable bonds is 7. The molecule has 1 aromatic heterocycles. The van der Waals surface area contributed by atoms with Gasteiger partial charge < -0.3 is 14.4 Å². The molecule has 1 atom stereocenters. The summed E-state index contributed by atoms with van der Waals surface area (Å²) < 4.78 is 10.8. The first kappa shape index (κ1) is 24.3. The van der Waals surface area contributed by atoms with Crippen molar-refractivity contribution >= 4 is 28.8 Å². The van der Waals surface area contributed by atoms with Gasteiger partial charge in [-0.05, 0) is 37.3 Å². The zero-order valence-corrected chi connectivity index (χ0v) is 21.0. The number of aromatic nitrogens is 1. The normalized spacial score (nSPS) is 15.1. The second kappa shape index (κ2) is 10.2. The molecule has 0 aliphatic carbocycles. The van der Waals surface area contributed by atoms with Crippen molar-refractivity contribution in [3.8, 4) is 23.8 Å². The van der Waals surface area contributed by atoms with E-state index >= 15 is 0 Å². The van der Waals surface area contributed by atoms with Crippen molar-refractivity contribution < 1.29 is 19.1 Å². The summed E-state index contributed by atoms with van der Waals surface area (Å²) in [4.78, 5) is 34.9. The number of aryl methyl sites for hydroxylation is 2. The first-order chi connectivity index (χ1) is 16.8. The Kier molecular flexibility index (Phi) is 7.08. The van der Waals surface area contributed by atoms with Crippen molar-refractivity contribution in [3.05, 3.63) is 69.2 Å². The van der Waals surface area contributed by atoms with Crippen molar-refractivity contribution in [1.29, 1.82) is 0 Å². The highest BCUT2D eigenvalue weighted by molar-refractivity contribution is 7.10. The van der Waals surface area contributed by atoms with Gasteiger partial charge in [0.2, 0.25) is 5.91 Å². The van der Waals surface area contributed by atoms with Crippen LogP contribution in [0.3, 0.4) is 0 Å². The van der Waals surface area contributed by atoms with Gasteiger partial charge in [-0.3, -0.25) is 14.5 Å². The molecule has 0 radical (unpaired) electrons. The molecular weight excluding hydrogens is 462 g/mol. The lowest BCUT2D eigenvalue weighted by Crippen LogP contribution is -2.45. The molecule has 1 fully saturated rings. The van der Waals surface area contributed by atoms with Crippen molar-refractivity contribution in [2.75, 3.05) is 25.7 Å². The topological polar surface area (TPSA) is 72.0 Å². The van der Waals surface area contributed by atoms with E-state index < -0.39 is 11.9 Å². The van der Waals surface area contributed by atoms with Crippen LogP contribution in [0.2, 0.25) is 0 Å². The number of carbonyl (C=O) groups is 2. The molecule has 2 aromatic carbocycles. The number of carbonyl (C=O) groups excluding carboxylic acids is 2. The minimum absolute atomic E-state index is 0.118. The molecule has 0 saturated carbocycles. The molecule has 1 saturated heterocycles. The summed E-state index contributed by atoms with van der Waals surface area (Å²) in [6.07, 6.45) is 5.95. The summed E-state index contributed by atoms with van der Waals surface area (Å²) in [6, 6.07) is 10.7. The molecule has 0 N–H and O–H groups in total. The Morgan fingerprint density at radius 3 is 2.51 bits per heavy atom. The van der Waals surface area contributed by atoms with Crippen LogP contribution in [0.4, 0.5) is 5.69 Å². The summed E-state index contributed by atoms with van der Waals surface area (Å²) in [5.74, 6) is 2.97. The Hall–Kier alpha value is -3.83. The van der Waals surface area contributed by atoms with E-state index in [0.29, 0.717) is 41.7 Å². The molecule has 1 aliphatic heterocycles. The van der Waals surface area contributed by atoms with Crippen molar-refractivity contribution in [2.45, 2.75) is 32.9 Å². The van der Waals surface area contributed by atoms with Crippen LogP contribution in [0.15, 0.2) is 41.8 Å². The highest BCUT2D eigenvalue weighted by Crippen LogP contribution is 2.33. The maximum absolute atomic E-state index is 13.7. The highest BCUT2D eigenvalue weighted by atomic mass is 32.1. The third kappa shape index (κ3) is 5.00. The highest BCUT2D eigenvalue weighted by Gasteiger charge is 2.40. The van der Waals surface area contributed by atoms with E-state index in [0.717, 1.165) is 11.1 Å². The molecular formula is C27H27N3O4S. The smallest absolute Gasteiger partial charge is 0.278 e. The van der Waals surface area contributed by atoms with Crippen LogP contribution < -0.4 is 14.4 Å². The van der Waals surface area contributed by atoms with E-state index in [1.807, 2.05) is 19.9 Å². The molecule has 8 heteroatoms. The molecule has 0 unspecified atom stereocenters. The van der Waals surface area contributed by atoms with Crippen LogP contribution in [0.25, 0.3) is 0 Å². The number of hydrogen-bond donors (Lipinski definition) is 0. The van der Waals surface area contributed by atoms with Gasteiger partial charge in [-0.25, -0.2) is 4.98 Å². The van der Waals surface area contributed by atoms with Crippen LogP contribution in [-0.2, 0) is 11.3 Å². The molecule has 7 nitrogen and oxygen atoms in total. The number of terminal acetylenes is 1. The molecule has 3 aromatic rings. The lowest BCUT2D eigenvalue weighted by molar-refractivity contribution is -0.129. The van der Waals surface area contributed by atoms with Gasteiger partial charge in [-0.2, -0.15) is 0 Å². The van der Waals surface area contributed by atoms with Gasteiger partial charge in [0.05, 0.1) is 19.9 Å². The van der Waals surface area contributed by atoms with Gasteiger partial charge in [0.1, 0.15) is 23.2 Å². The molecule has 180 valence electrons. The van der Waals surface area contributed by atoms with Gasteiger partial charge in [0.15, 0.2) is 5.01 Å². The summed E-state index contributed by atoms with van der Waals surface area (Å²) in [5.41, 5.74) is 4.09. The van der Waals surface area contributed by atoms with Gasteiger partial charge in [-0.1, -0.05) is 23.8 Å². The van der Waals surface area contributed by atoms with Gasteiger partial charge >= 0.3 is 0 Å². The minimum atomic E-state index is -0.693. The zero-order chi connectivity index (χ0) is 25.1. The molecule has 2 amide bonds. The van der Waals surface area contributed by atoms with Gasteiger partial charge in [0.25, 0.3) is 5.91 Å². The van der Waals surface area contributed by atoms with Gasteiger partial charge in [0, 0.05) is 36.7 Å². The SMILES string of the molecule is C#Cc1nc(C(=O)N(c2cc(OC)cc(OC)c2)[C@H]2CCN(Cc3ccc(C)cc3C)C2=O)cs1. The predicted molar refractivity (Wildman–Crippen MR) is 136 cm³/mol. The van der Waals surface area contributed by atoms with Crippen LogP contribution >= 0.6 is 11.3 Å². The number of nitrogens with zero attached hydrogens (tertiary/aromatic N) is 3. The standard InChI is InChI=1S/C27H27N3O4S/c1-6-25-28-23(16-35-25)26(31)30(20-12-21(33-4)14-22(13-20)34-5)24-9-10-29(27(24)32)15-19-8-7-17(2)11-18(19)3/h1,7-8,11-14,16,24H,9-10,15H2,2-5H3/t24-/m0/s1. The van der Waals surface area contributed by atoms with Crippen molar-refractivity contribution in [1.82, 2.24) is 9.88 Å². The van der Waals surface area contributed by atoms with Crippen LogP contribution in [0.5, 0.6) is 11.5 Å². The van der Waals surface area contributed by atoms with Crippen molar-refractivity contribution in [3.63, 3.8) is 0 Å². The quantitative estimate of drug-likeness (QED) is 0.465. The lowest BCUT2D eigenvalue weighted by atomic mass is 10.1. The van der Waals surface area contributed by atoms with E-state index in [-0.39, 0.29) is 11.6 Å². The average Bonchev–Trinajstić information content (AvgIpc) is 3.48. The number of amides is 2. The van der Waals surface area contributed by atoms with E-state index in [1.165, 1.54) is 36.0 Å². The number of anilines is 1. The summed E-state index contributed by atoms with van der Waals surface area (Å²) in [6.45, 7) is 5.12. The summed E-state index contributed by atoms with van der Waals surface area (Å²) >= 11 is 1.21. The Labute approximate surface area is 209 Å². The first-order valence-electron chi connectivity index (χ1n) is 11.2. The third-order valence-corrected chi connectivity index (χ3v) is 6.89. The van der Waals surface area contributed by atoms with Crippen molar-refractivity contribution in [2.24, 2.45) is 0 Å². The number of hydrogen-bond acceptors (Lipinski definition) is 6. The second-order valence-electron chi connectivity index (χ2n) is 8.42. The largest absolute Gasteiger partial charge is 0.497 e. The Morgan fingerprint density at radius 2 is 1.91 bits per heavy atom. The van der Waals surface area contributed by atoms with E-state index in [2.05, 4.69) is 23.0 Å². The molecule has 1 aliphatic rings. The molecule has 0 bridgehead atoms. The maximum atomic E-state index is 13.7. The van der Waals surface area contributed by atoms with E-state index in [9.17, 15) is 9.59 Å². The summed E-state index contributed by atoms with van der Waals surface area (Å²) in [5, 5.41) is 2.03. The number of methoxy groups -OCH3 is 2. The minimum Gasteiger partial charge on any atom is -0.497 e. The number of thiazole rings is 1. The van der Waals surface area contributed by atoms with E-state index in [1.54, 1.807) is 28.5 Å². The fourth-order valence-electron chi connectivity index (χ4n) is 4.28. The summed E-state index contributed by atoms with van der Waals surface area (Å²) in [7, 11) is 3.08. The first-order valence-corrected chi connectivity index (χ1v) is 12.1. The lowest BCUT2D eigenvalue weighted by Gasteiger charge is -2.28. The molecule has 2 heterocycles. The Bertz CT molecular complexity index is 1290. The fourth-order valence-corrected chi connectivity index (χ4v) is 4.88. The average molecular weight is 490 g/mol. The third-order valence-electron chi connectivity index (χ3n) is 6.12. The number of likely N-dealkylation sites (tertiary alicyclic amines) is 1. The monoisotopic (exact) mass is 489 g/mol. The molecule has 4 rings (SSSR count). The maximum Gasteiger partial charge on any atom is 0.278 e. The predicted octanol–water partition coefficient (Wildman–Crippen LogP) is 4.21. The van der Waals surface area contributed by atoms with Gasteiger partial charge in [-0.15, -0.1) is 17.8 Å². The molecule has 35 heavy (non-hydrogen) atoms. The number of ether oxygens (including phenoxy) is 2. The van der Waals surface area contributed by atoms with Crippen LogP contribution in [0, 0.1) is 26.2 Å². The molecule has 0 spiro atoms. The van der Waals surface area contributed by atoms with Crippen LogP contribution in [-0.4, -0.2) is 48.5 Å². The zero-order valence-electron chi connectivity index (χ0n) is 20.2. The van der Waals surface area contributed by atoms with Crippen LogP contribution in [0.1, 0.15) is 38.6 Å². The second-order valence-corrected chi connectivity index (χ2v) is 9.28.